The highest BCUT2D eigenvalue weighted by Crippen LogP contribution is 2.33. The SMILES string of the molecule is CCC1NC(=O)CCN(C2CCCC(C)C2C)C1=O. The summed E-state index contributed by atoms with van der Waals surface area (Å²) in [5.41, 5.74) is 0. The van der Waals surface area contributed by atoms with Crippen LogP contribution in [-0.4, -0.2) is 35.3 Å². The Hall–Kier alpha value is -1.06. The van der Waals surface area contributed by atoms with Gasteiger partial charge in [-0.3, -0.25) is 9.59 Å². The molecule has 0 spiro atoms. The topological polar surface area (TPSA) is 49.4 Å². The number of hydrogen-bond donors (Lipinski definition) is 1. The zero-order valence-electron chi connectivity index (χ0n) is 12.3. The van der Waals surface area contributed by atoms with E-state index in [0.717, 1.165) is 6.42 Å². The summed E-state index contributed by atoms with van der Waals surface area (Å²) in [6.07, 6.45) is 4.66. The Kier molecular flexibility index (Phi) is 4.48. The van der Waals surface area contributed by atoms with Gasteiger partial charge in [0.15, 0.2) is 0 Å². The molecule has 1 heterocycles. The standard InChI is InChI=1S/C15H26N2O2/c1-4-12-15(19)17(9-8-14(18)16-12)13-7-5-6-10(2)11(13)3/h10-13H,4-9H2,1-3H3,(H,16,18). The highest BCUT2D eigenvalue weighted by Gasteiger charge is 2.37. The van der Waals surface area contributed by atoms with Crippen LogP contribution in [0.15, 0.2) is 0 Å². The molecule has 0 aromatic heterocycles. The predicted octanol–water partition coefficient (Wildman–Crippen LogP) is 1.94. The van der Waals surface area contributed by atoms with Gasteiger partial charge in [-0.1, -0.05) is 33.6 Å². The van der Waals surface area contributed by atoms with E-state index in [1.54, 1.807) is 0 Å². The number of nitrogens with zero attached hydrogens (tertiary/aromatic N) is 1. The molecule has 4 heteroatoms. The minimum Gasteiger partial charge on any atom is -0.344 e. The van der Waals surface area contributed by atoms with Crippen LogP contribution in [0.5, 0.6) is 0 Å². The molecule has 19 heavy (non-hydrogen) atoms. The normalized spacial score (nSPS) is 36.9. The summed E-state index contributed by atoms with van der Waals surface area (Å²) in [5.74, 6) is 1.33. The molecule has 4 atom stereocenters. The second kappa shape index (κ2) is 5.93. The summed E-state index contributed by atoms with van der Waals surface area (Å²) in [7, 11) is 0. The van der Waals surface area contributed by atoms with Crippen molar-refractivity contribution < 1.29 is 9.59 Å². The van der Waals surface area contributed by atoms with E-state index in [1.807, 2.05) is 11.8 Å². The molecule has 1 aliphatic carbocycles. The van der Waals surface area contributed by atoms with Gasteiger partial charge in [-0.25, -0.2) is 0 Å². The Labute approximate surface area is 115 Å². The largest absolute Gasteiger partial charge is 0.344 e. The predicted molar refractivity (Wildman–Crippen MR) is 74.5 cm³/mol. The first-order chi connectivity index (χ1) is 9.04. The summed E-state index contributed by atoms with van der Waals surface area (Å²) < 4.78 is 0. The summed E-state index contributed by atoms with van der Waals surface area (Å²) in [4.78, 5) is 26.3. The molecule has 4 nitrogen and oxygen atoms in total. The van der Waals surface area contributed by atoms with Crippen molar-refractivity contribution in [1.82, 2.24) is 10.2 Å². The third kappa shape index (κ3) is 2.93. The Morgan fingerprint density at radius 1 is 1.26 bits per heavy atom. The molecular formula is C15H26N2O2. The van der Waals surface area contributed by atoms with Crippen LogP contribution < -0.4 is 5.32 Å². The summed E-state index contributed by atoms with van der Waals surface area (Å²) in [5, 5.41) is 2.84. The monoisotopic (exact) mass is 266 g/mol. The quantitative estimate of drug-likeness (QED) is 0.830. The number of carbonyl (C=O) groups is 2. The molecule has 1 N–H and O–H groups in total. The van der Waals surface area contributed by atoms with E-state index in [0.29, 0.717) is 37.3 Å². The molecule has 1 aliphatic heterocycles. The van der Waals surface area contributed by atoms with Gasteiger partial charge in [0.2, 0.25) is 11.8 Å². The van der Waals surface area contributed by atoms with Crippen LogP contribution in [0, 0.1) is 11.8 Å². The number of nitrogens with one attached hydrogen (secondary N) is 1. The summed E-state index contributed by atoms with van der Waals surface area (Å²) >= 11 is 0. The van der Waals surface area contributed by atoms with Gasteiger partial charge in [-0.05, 0) is 24.7 Å². The fourth-order valence-corrected chi connectivity index (χ4v) is 3.46. The summed E-state index contributed by atoms with van der Waals surface area (Å²) in [6.45, 7) is 7.07. The zero-order valence-corrected chi connectivity index (χ0v) is 12.3. The fourth-order valence-electron chi connectivity index (χ4n) is 3.46. The van der Waals surface area contributed by atoms with Crippen molar-refractivity contribution in [3.63, 3.8) is 0 Å². The highest BCUT2D eigenvalue weighted by molar-refractivity contribution is 5.90. The van der Waals surface area contributed by atoms with E-state index < -0.39 is 0 Å². The van der Waals surface area contributed by atoms with Gasteiger partial charge >= 0.3 is 0 Å². The third-order valence-corrected chi connectivity index (χ3v) is 4.97. The van der Waals surface area contributed by atoms with Crippen LogP contribution in [-0.2, 0) is 9.59 Å². The molecule has 2 aliphatic rings. The van der Waals surface area contributed by atoms with Gasteiger partial charge in [0.25, 0.3) is 0 Å². The van der Waals surface area contributed by atoms with Crippen molar-refractivity contribution in [2.24, 2.45) is 11.8 Å². The van der Waals surface area contributed by atoms with Gasteiger partial charge in [0.1, 0.15) is 6.04 Å². The van der Waals surface area contributed by atoms with Crippen molar-refractivity contribution in [1.29, 1.82) is 0 Å². The Balaban J connectivity index is 2.16. The van der Waals surface area contributed by atoms with Gasteiger partial charge in [0.05, 0.1) is 0 Å². The lowest BCUT2D eigenvalue weighted by Gasteiger charge is -2.41. The molecule has 1 saturated heterocycles. The average molecular weight is 266 g/mol. The lowest BCUT2D eigenvalue weighted by Crippen LogP contribution is -2.52. The minimum absolute atomic E-state index is 0.0132. The van der Waals surface area contributed by atoms with Gasteiger partial charge in [-0.2, -0.15) is 0 Å². The lowest BCUT2D eigenvalue weighted by atomic mass is 9.77. The number of amides is 2. The average Bonchev–Trinajstić information content (AvgIpc) is 2.53. The Bertz CT molecular complexity index is 356. The van der Waals surface area contributed by atoms with E-state index in [1.165, 1.54) is 12.8 Å². The molecule has 0 radical (unpaired) electrons. The van der Waals surface area contributed by atoms with E-state index >= 15 is 0 Å². The van der Waals surface area contributed by atoms with Crippen molar-refractivity contribution in [2.75, 3.05) is 6.54 Å². The van der Waals surface area contributed by atoms with Gasteiger partial charge in [0, 0.05) is 19.0 Å². The van der Waals surface area contributed by atoms with Crippen LogP contribution in [0.2, 0.25) is 0 Å². The minimum atomic E-state index is -0.320. The summed E-state index contributed by atoms with van der Waals surface area (Å²) in [6, 6.07) is -0.00238. The van der Waals surface area contributed by atoms with Crippen molar-refractivity contribution in [3.8, 4) is 0 Å². The lowest BCUT2D eigenvalue weighted by molar-refractivity contribution is -0.137. The molecule has 4 unspecified atom stereocenters. The number of rotatable bonds is 2. The van der Waals surface area contributed by atoms with Crippen LogP contribution in [0.25, 0.3) is 0 Å². The van der Waals surface area contributed by atoms with Crippen LogP contribution in [0.3, 0.4) is 0 Å². The van der Waals surface area contributed by atoms with Crippen LogP contribution in [0.4, 0.5) is 0 Å². The van der Waals surface area contributed by atoms with Gasteiger partial charge < -0.3 is 10.2 Å². The van der Waals surface area contributed by atoms with E-state index in [9.17, 15) is 9.59 Å². The highest BCUT2D eigenvalue weighted by atomic mass is 16.2. The first-order valence-electron chi connectivity index (χ1n) is 7.64. The van der Waals surface area contributed by atoms with Crippen LogP contribution >= 0.6 is 0 Å². The first kappa shape index (κ1) is 14.4. The second-order valence-corrected chi connectivity index (χ2v) is 6.14. The smallest absolute Gasteiger partial charge is 0.245 e. The Morgan fingerprint density at radius 2 is 2.00 bits per heavy atom. The molecular weight excluding hydrogens is 240 g/mol. The van der Waals surface area contributed by atoms with Crippen molar-refractivity contribution >= 4 is 11.8 Å². The van der Waals surface area contributed by atoms with Crippen molar-refractivity contribution in [2.45, 2.75) is 65.0 Å². The van der Waals surface area contributed by atoms with Gasteiger partial charge in [-0.15, -0.1) is 0 Å². The second-order valence-electron chi connectivity index (χ2n) is 6.14. The molecule has 0 aromatic carbocycles. The molecule has 2 rings (SSSR count). The van der Waals surface area contributed by atoms with E-state index in [-0.39, 0.29) is 17.9 Å². The maximum absolute atomic E-state index is 12.6. The molecule has 2 fully saturated rings. The molecule has 0 bridgehead atoms. The van der Waals surface area contributed by atoms with E-state index in [4.69, 9.17) is 0 Å². The maximum atomic E-state index is 12.6. The number of hydrogen-bond acceptors (Lipinski definition) is 2. The van der Waals surface area contributed by atoms with Crippen molar-refractivity contribution in [3.05, 3.63) is 0 Å². The third-order valence-electron chi connectivity index (χ3n) is 4.97. The number of carbonyl (C=O) groups excluding carboxylic acids is 2. The molecule has 108 valence electrons. The molecule has 2 amide bonds. The maximum Gasteiger partial charge on any atom is 0.245 e. The Morgan fingerprint density at radius 3 is 2.68 bits per heavy atom. The first-order valence-corrected chi connectivity index (χ1v) is 7.64. The molecule has 1 saturated carbocycles. The van der Waals surface area contributed by atoms with E-state index in [2.05, 4.69) is 19.2 Å². The fraction of sp³-hybridized carbons (Fsp3) is 0.867. The molecule has 0 aromatic rings. The van der Waals surface area contributed by atoms with Crippen LogP contribution in [0.1, 0.15) is 52.9 Å². The zero-order chi connectivity index (χ0) is 14.0.